The van der Waals surface area contributed by atoms with Gasteiger partial charge in [-0.05, 0) is 36.4 Å². The molecular weight excluding hydrogens is 428 g/mol. The number of hydrogen-bond acceptors (Lipinski definition) is 7. The van der Waals surface area contributed by atoms with Crippen LogP contribution in [0.2, 0.25) is 5.02 Å². The highest BCUT2D eigenvalue weighted by molar-refractivity contribution is 7.99. The zero-order chi connectivity index (χ0) is 21.5. The second-order valence-electron chi connectivity index (χ2n) is 6.17. The number of hydrogen-bond donors (Lipinski definition) is 1. The molecule has 0 aliphatic rings. The van der Waals surface area contributed by atoms with Crippen LogP contribution in [0.4, 0.5) is 5.69 Å². The lowest BCUT2D eigenvalue weighted by atomic mass is 10.2. The van der Waals surface area contributed by atoms with E-state index in [2.05, 4.69) is 15.5 Å². The lowest BCUT2D eigenvalue weighted by Gasteiger charge is -2.16. The third kappa shape index (κ3) is 5.74. The maximum atomic E-state index is 12.3. The normalized spacial score (nSPS) is 10.5. The fraction of sp³-hybridized carbons (Fsp3) is 0.200. The zero-order valence-corrected chi connectivity index (χ0v) is 17.9. The van der Waals surface area contributed by atoms with E-state index >= 15 is 0 Å². The molecule has 30 heavy (non-hydrogen) atoms. The van der Waals surface area contributed by atoms with Gasteiger partial charge in [0, 0.05) is 12.6 Å². The monoisotopic (exact) mass is 446 g/mol. The first kappa shape index (κ1) is 21.7. The van der Waals surface area contributed by atoms with Crippen molar-refractivity contribution >= 4 is 40.9 Å². The Morgan fingerprint density at radius 3 is 2.60 bits per heavy atom. The molecule has 8 nitrogen and oxygen atoms in total. The second-order valence-corrected chi connectivity index (χ2v) is 7.50. The topological polar surface area (TPSA) is 97.6 Å². The van der Waals surface area contributed by atoms with E-state index in [1.165, 1.54) is 4.90 Å². The number of benzene rings is 2. The highest BCUT2D eigenvalue weighted by Gasteiger charge is 2.16. The van der Waals surface area contributed by atoms with E-state index in [9.17, 15) is 9.59 Å². The van der Waals surface area contributed by atoms with Crippen LogP contribution in [0.5, 0.6) is 5.75 Å². The molecule has 3 rings (SSSR count). The predicted octanol–water partition coefficient (Wildman–Crippen LogP) is 3.59. The maximum absolute atomic E-state index is 12.3. The quantitative estimate of drug-likeness (QED) is 0.528. The standard InChI is InChI=1S/C20H19ClN4O4S/c1-25(11-17(26)22-16-6-4-3-5-15(16)21)18(27)12-30-20-24-23-19(29-20)13-7-9-14(28-2)10-8-13/h3-10H,11-12H2,1-2H3,(H,22,26). The molecule has 2 aromatic carbocycles. The fourth-order valence-electron chi connectivity index (χ4n) is 2.41. The Bertz CT molecular complexity index is 1030. The van der Waals surface area contributed by atoms with Crippen molar-refractivity contribution in [2.24, 2.45) is 0 Å². The van der Waals surface area contributed by atoms with Crippen LogP contribution in [0, 0.1) is 0 Å². The van der Waals surface area contributed by atoms with Gasteiger partial charge in [-0.2, -0.15) is 0 Å². The molecule has 3 aromatic rings. The Balaban J connectivity index is 1.49. The Kier molecular flexibility index (Phi) is 7.31. The van der Waals surface area contributed by atoms with E-state index in [1.54, 1.807) is 62.7 Å². The number of thioether (sulfide) groups is 1. The Morgan fingerprint density at radius 1 is 1.17 bits per heavy atom. The van der Waals surface area contributed by atoms with Crippen molar-refractivity contribution in [3.63, 3.8) is 0 Å². The van der Waals surface area contributed by atoms with Crippen LogP contribution in [-0.4, -0.2) is 53.4 Å². The lowest BCUT2D eigenvalue weighted by molar-refractivity contribution is -0.131. The second kappa shape index (κ2) is 10.1. The molecule has 0 fully saturated rings. The van der Waals surface area contributed by atoms with Crippen molar-refractivity contribution in [1.29, 1.82) is 0 Å². The number of likely N-dealkylation sites (N-methyl/N-ethyl adjacent to an activating group) is 1. The molecule has 1 aromatic heterocycles. The molecule has 1 heterocycles. The van der Waals surface area contributed by atoms with E-state index in [4.69, 9.17) is 20.8 Å². The zero-order valence-electron chi connectivity index (χ0n) is 16.3. The van der Waals surface area contributed by atoms with Crippen LogP contribution in [0.1, 0.15) is 0 Å². The average Bonchev–Trinajstić information content (AvgIpc) is 3.22. The van der Waals surface area contributed by atoms with Crippen LogP contribution < -0.4 is 10.1 Å². The van der Waals surface area contributed by atoms with Crippen molar-refractivity contribution in [2.75, 3.05) is 31.8 Å². The summed E-state index contributed by atoms with van der Waals surface area (Å²) in [5.41, 5.74) is 1.24. The number of methoxy groups -OCH3 is 1. The summed E-state index contributed by atoms with van der Waals surface area (Å²) in [7, 11) is 3.14. The summed E-state index contributed by atoms with van der Waals surface area (Å²) in [5.74, 6) is 0.530. The molecule has 0 aliphatic carbocycles. The molecule has 0 bridgehead atoms. The molecule has 0 aliphatic heterocycles. The van der Waals surface area contributed by atoms with Crippen molar-refractivity contribution in [3.05, 3.63) is 53.6 Å². The summed E-state index contributed by atoms with van der Waals surface area (Å²) in [6.07, 6.45) is 0. The van der Waals surface area contributed by atoms with Crippen LogP contribution >= 0.6 is 23.4 Å². The number of ether oxygens (including phenoxy) is 1. The van der Waals surface area contributed by atoms with E-state index in [-0.39, 0.29) is 29.3 Å². The van der Waals surface area contributed by atoms with Gasteiger partial charge in [-0.1, -0.05) is 35.5 Å². The number of para-hydroxylation sites is 1. The van der Waals surface area contributed by atoms with Gasteiger partial charge in [0.15, 0.2) is 0 Å². The van der Waals surface area contributed by atoms with Crippen LogP contribution in [0.25, 0.3) is 11.5 Å². The van der Waals surface area contributed by atoms with E-state index in [1.807, 2.05) is 0 Å². The first-order valence-electron chi connectivity index (χ1n) is 8.85. The molecule has 0 radical (unpaired) electrons. The van der Waals surface area contributed by atoms with E-state index in [0.717, 1.165) is 23.1 Å². The van der Waals surface area contributed by atoms with Gasteiger partial charge in [-0.15, -0.1) is 10.2 Å². The van der Waals surface area contributed by atoms with Crippen LogP contribution in [0.15, 0.2) is 58.2 Å². The highest BCUT2D eigenvalue weighted by atomic mass is 35.5. The van der Waals surface area contributed by atoms with Gasteiger partial charge >= 0.3 is 0 Å². The minimum atomic E-state index is -0.344. The van der Waals surface area contributed by atoms with Gasteiger partial charge in [0.1, 0.15) is 5.75 Å². The lowest BCUT2D eigenvalue weighted by Crippen LogP contribution is -2.36. The summed E-state index contributed by atoms with van der Waals surface area (Å²) >= 11 is 7.12. The molecule has 0 atom stereocenters. The summed E-state index contributed by atoms with van der Waals surface area (Å²) < 4.78 is 10.7. The first-order valence-corrected chi connectivity index (χ1v) is 10.2. The van der Waals surface area contributed by atoms with Gasteiger partial charge in [-0.25, -0.2) is 0 Å². The van der Waals surface area contributed by atoms with Gasteiger partial charge < -0.3 is 19.4 Å². The molecule has 1 N–H and O–H groups in total. The molecule has 0 saturated heterocycles. The van der Waals surface area contributed by atoms with Crippen LogP contribution in [-0.2, 0) is 9.59 Å². The smallest absolute Gasteiger partial charge is 0.277 e. The predicted molar refractivity (Wildman–Crippen MR) is 115 cm³/mol. The molecule has 2 amide bonds. The first-order chi connectivity index (χ1) is 14.5. The van der Waals surface area contributed by atoms with E-state index < -0.39 is 0 Å². The minimum absolute atomic E-state index is 0.0557. The third-order valence-corrected chi connectivity index (χ3v) is 5.15. The largest absolute Gasteiger partial charge is 0.497 e. The molecule has 0 unspecified atom stereocenters. The number of rotatable bonds is 8. The summed E-state index contributed by atoms with van der Waals surface area (Å²) in [6, 6.07) is 14.1. The number of aromatic nitrogens is 2. The highest BCUT2D eigenvalue weighted by Crippen LogP contribution is 2.25. The fourth-order valence-corrected chi connectivity index (χ4v) is 3.29. The average molecular weight is 447 g/mol. The summed E-state index contributed by atoms with van der Waals surface area (Å²) in [4.78, 5) is 25.8. The SMILES string of the molecule is COc1ccc(-c2nnc(SCC(=O)N(C)CC(=O)Nc3ccccc3Cl)o2)cc1. The molecule has 156 valence electrons. The summed E-state index contributed by atoms with van der Waals surface area (Å²) in [6.45, 7) is -0.106. The maximum Gasteiger partial charge on any atom is 0.277 e. The van der Waals surface area contributed by atoms with Gasteiger partial charge in [-0.3, -0.25) is 9.59 Å². The molecule has 10 heteroatoms. The Labute approximate surface area is 182 Å². The number of carbonyl (C=O) groups is 2. The number of nitrogens with zero attached hydrogens (tertiary/aromatic N) is 3. The van der Waals surface area contributed by atoms with Crippen LogP contribution in [0.3, 0.4) is 0 Å². The number of carbonyl (C=O) groups excluding carboxylic acids is 2. The number of anilines is 1. The minimum Gasteiger partial charge on any atom is -0.497 e. The Morgan fingerprint density at radius 2 is 1.90 bits per heavy atom. The van der Waals surface area contributed by atoms with Gasteiger partial charge in [0.25, 0.3) is 5.22 Å². The van der Waals surface area contributed by atoms with Gasteiger partial charge in [0.05, 0.1) is 30.1 Å². The number of amides is 2. The Hall–Kier alpha value is -3.04. The van der Waals surface area contributed by atoms with Crippen molar-refractivity contribution in [2.45, 2.75) is 5.22 Å². The number of halogens is 1. The molecular formula is C20H19ClN4O4S. The van der Waals surface area contributed by atoms with Crippen molar-refractivity contribution < 1.29 is 18.7 Å². The summed E-state index contributed by atoms with van der Waals surface area (Å²) in [5, 5.41) is 11.3. The van der Waals surface area contributed by atoms with Gasteiger partial charge in [0.2, 0.25) is 17.7 Å². The third-order valence-electron chi connectivity index (χ3n) is 4.02. The molecule has 0 spiro atoms. The van der Waals surface area contributed by atoms with E-state index in [0.29, 0.717) is 16.6 Å². The number of nitrogens with one attached hydrogen (secondary N) is 1. The molecule has 0 saturated carbocycles. The van der Waals surface area contributed by atoms with Crippen molar-refractivity contribution in [1.82, 2.24) is 15.1 Å². The van der Waals surface area contributed by atoms with Crippen molar-refractivity contribution in [3.8, 4) is 17.2 Å².